The molecule has 0 fully saturated rings. The van der Waals surface area contributed by atoms with Crippen LogP contribution in [0.25, 0.3) is 66.3 Å². The van der Waals surface area contributed by atoms with E-state index >= 15 is 0 Å². The lowest BCUT2D eigenvalue weighted by molar-refractivity contribution is -0.132. The standard InChI is InChI=1S/C41H28N2O2S/c1-41(2)35-22-26(25-11-15-29(16-12-25)43-37-9-5-3-7-33(37)34-8-4-6-10-38(34)43)13-18-31(35)32-19-14-27(23-36(32)41)39-20-17-30(46-39)21-28(24-42)40(44)45/h3-23H,1-2H3,(H,44,45)/b28-21+. The van der Waals surface area contributed by atoms with E-state index in [-0.39, 0.29) is 11.0 Å². The van der Waals surface area contributed by atoms with Gasteiger partial charge in [0.25, 0.3) is 0 Å². The van der Waals surface area contributed by atoms with E-state index in [1.54, 1.807) is 6.07 Å². The Balaban J connectivity index is 1.13. The Hall–Kier alpha value is -5.70. The van der Waals surface area contributed by atoms with E-state index in [1.807, 2.05) is 12.1 Å². The van der Waals surface area contributed by atoms with E-state index in [2.05, 4.69) is 128 Å². The minimum absolute atomic E-state index is 0.198. The smallest absolute Gasteiger partial charge is 0.346 e. The van der Waals surface area contributed by atoms with Gasteiger partial charge >= 0.3 is 5.97 Å². The van der Waals surface area contributed by atoms with E-state index in [1.165, 1.54) is 72.6 Å². The molecular weight excluding hydrogens is 585 g/mol. The van der Waals surface area contributed by atoms with Gasteiger partial charge in [-0.3, -0.25) is 0 Å². The SMILES string of the molecule is CC1(C)c2cc(-c3ccc(-n4c5ccccc5c5ccccc54)cc3)ccc2-c2ccc(-c3ccc(/C=C(\C#N)C(=O)O)s3)cc21. The second-order valence-corrected chi connectivity index (χ2v) is 13.4. The lowest BCUT2D eigenvalue weighted by Crippen LogP contribution is -2.15. The van der Waals surface area contributed by atoms with Gasteiger partial charge < -0.3 is 9.67 Å². The topological polar surface area (TPSA) is 66.0 Å². The van der Waals surface area contributed by atoms with E-state index in [9.17, 15) is 9.90 Å². The first kappa shape index (κ1) is 27.8. The molecule has 0 amide bonds. The van der Waals surface area contributed by atoms with Gasteiger partial charge in [-0.05, 0) is 93.6 Å². The summed E-state index contributed by atoms with van der Waals surface area (Å²) >= 11 is 1.48. The fourth-order valence-corrected chi connectivity index (χ4v) is 7.89. The van der Waals surface area contributed by atoms with Crippen molar-refractivity contribution >= 4 is 45.2 Å². The molecule has 0 saturated carbocycles. The van der Waals surface area contributed by atoms with Crippen LogP contribution in [0, 0.1) is 11.3 Å². The molecule has 5 heteroatoms. The van der Waals surface area contributed by atoms with Crippen molar-refractivity contribution in [3.05, 3.63) is 143 Å². The summed E-state index contributed by atoms with van der Waals surface area (Å²) in [6.45, 7) is 4.57. The number of fused-ring (bicyclic) bond motifs is 6. The predicted octanol–water partition coefficient (Wildman–Crippen LogP) is 10.5. The van der Waals surface area contributed by atoms with Gasteiger partial charge in [-0.2, -0.15) is 5.26 Å². The van der Waals surface area contributed by atoms with Gasteiger partial charge in [0, 0.05) is 31.6 Å². The number of hydrogen-bond donors (Lipinski definition) is 1. The highest BCUT2D eigenvalue weighted by atomic mass is 32.1. The largest absolute Gasteiger partial charge is 0.477 e. The van der Waals surface area contributed by atoms with E-state index in [0.29, 0.717) is 0 Å². The summed E-state index contributed by atoms with van der Waals surface area (Å²) in [5.41, 5.74) is 11.6. The number of nitriles is 1. The molecule has 1 aliphatic rings. The van der Waals surface area contributed by atoms with Gasteiger partial charge in [-0.15, -0.1) is 11.3 Å². The second-order valence-electron chi connectivity index (χ2n) is 12.2. The van der Waals surface area contributed by atoms with Crippen LogP contribution in [-0.2, 0) is 10.2 Å². The highest BCUT2D eigenvalue weighted by Crippen LogP contribution is 2.51. The summed E-state index contributed by atoms with van der Waals surface area (Å²) in [5.74, 6) is -1.21. The molecule has 0 bridgehead atoms. The lowest BCUT2D eigenvalue weighted by Gasteiger charge is -2.22. The second kappa shape index (κ2) is 10.4. The number of aromatic nitrogens is 1. The molecule has 2 heterocycles. The number of para-hydroxylation sites is 2. The van der Waals surface area contributed by atoms with Crippen LogP contribution >= 0.6 is 11.3 Å². The minimum Gasteiger partial charge on any atom is -0.477 e. The Labute approximate surface area is 270 Å². The Morgan fingerprint density at radius 1 is 0.739 bits per heavy atom. The summed E-state index contributed by atoms with van der Waals surface area (Å²) in [5, 5.41) is 20.9. The molecule has 8 rings (SSSR count). The molecule has 0 atom stereocenters. The van der Waals surface area contributed by atoms with Crippen molar-refractivity contribution in [2.75, 3.05) is 0 Å². The van der Waals surface area contributed by atoms with Crippen molar-refractivity contribution in [1.29, 1.82) is 5.26 Å². The number of carboxylic acid groups (broad SMARTS) is 1. The third kappa shape index (κ3) is 4.30. The van der Waals surface area contributed by atoms with Crippen molar-refractivity contribution in [1.82, 2.24) is 4.57 Å². The number of carbonyl (C=O) groups is 1. The molecule has 1 N–H and O–H groups in total. The van der Waals surface area contributed by atoms with Gasteiger partial charge in [0.05, 0.1) is 11.0 Å². The van der Waals surface area contributed by atoms with Crippen LogP contribution in [0.3, 0.4) is 0 Å². The van der Waals surface area contributed by atoms with Gasteiger partial charge in [0.2, 0.25) is 0 Å². The Morgan fingerprint density at radius 2 is 1.30 bits per heavy atom. The summed E-state index contributed by atoms with van der Waals surface area (Å²) in [7, 11) is 0. The summed E-state index contributed by atoms with van der Waals surface area (Å²) in [6.07, 6.45) is 1.43. The maximum Gasteiger partial charge on any atom is 0.346 e. The number of hydrogen-bond acceptors (Lipinski definition) is 3. The van der Waals surface area contributed by atoms with E-state index < -0.39 is 5.97 Å². The summed E-state index contributed by atoms with van der Waals surface area (Å²) in [6, 6.07) is 45.1. The Morgan fingerprint density at radius 3 is 1.91 bits per heavy atom. The molecule has 0 saturated heterocycles. The van der Waals surface area contributed by atoms with Crippen molar-refractivity contribution < 1.29 is 9.90 Å². The first-order valence-corrected chi connectivity index (χ1v) is 16.0. The zero-order valence-electron chi connectivity index (χ0n) is 25.3. The molecule has 0 aliphatic heterocycles. The quantitative estimate of drug-likeness (QED) is 0.155. The molecule has 4 nitrogen and oxygen atoms in total. The van der Waals surface area contributed by atoms with E-state index in [0.717, 1.165) is 21.0 Å². The molecule has 5 aromatic carbocycles. The van der Waals surface area contributed by atoms with Crippen LogP contribution in [0.5, 0.6) is 0 Å². The van der Waals surface area contributed by atoms with Gasteiger partial charge in [-0.1, -0.05) is 86.6 Å². The monoisotopic (exact) mass is 612 g/mol. The molecule has 1 aliphatic carbocycles. The zero-order valence-corrected chi connectivity index (χ0v) is 26.1. The number of nitrogens with zero attached hydrogens (tertiary/aromatic N) is 2. The van der Waals surface area contributed by atoms with Crippen LogP contribution in [0.15, 0.2) is 127 Å². The molecule has 0 unspecified atom stereocenters. The Bertz CT molecular complexity index is 2380. The minimum atomic E-state index is -1.21. The van der Waals surface area contributed by atoms with Crippen LogP contribution in [0.4, 0.5) is 0 Å². The number of carboxylic acids is 1. The Kier molecular flexibility index (Phi) is 6.32. The third-order valence-electron chi connectivity index (χ3n) is 9.26. The predicted molar refractivity (Wildman–Crippen MR) is 188 cm³/mol. The van der Waals surface area contributed by atoms with Crippen LogP contribution in [0.2, 0.25) is 0 Å². The molecule has 2 aromatic heterocycles. The average molecular weight is 613 g/mol. The maximum atomic E-state index is 11.3. The highest BCUT2D eigenvalue weighted by Gasteiger charge is 2.36. The van der Waals surface area contributed by atoms with Gasteiger partial charge in [-0.25, -0.2) is 4.79 Å². The van der Waals surface area contributed by atoms with Crippen molar-refractivity contribution in [2.24, 2.45) is 0 Å². The lowest BCUT2D eigenvalue weighted by atomic mass is 9.81. The van der Waals surface area contributed by atoms with Crippen LogP contribution in [0.1, 0.15) is 29.9 Å². The molecule has 46 heavy (non-hydrogen) atoms. The summed E-state index contributed by atoms with van der Waals surface area (Å²) < 4.78 is 2.34. The third-order valence-corrected chi connectivity index (χ3v) is 10.3. The molecule has 220 valence electrons. The molecular formula is C41H28N2O2S. The van der Waals surface area contributed by atoms with Gasteiger partial charge in [0.15, 0.2) is 0 Å². The molecule has 0 radical (unpaired) electrons. The fourth-order valence-electron chi connectivity index (χ4n) is 6.94. The van der Waals surface area contributed by atoms with E-state index in [4.69, 9.17) is 5.26 Å². The number of benzene rings is 5. The average Bonchev–Trinajstić information content (AvgIpc) is 3.75. The van der Waals surface area contributed by atoms with Gasteiger partial charge in [0.1, 0.15) is 11.6 Å². The zero-order chi connectivity index (χ0) is 31.6. The first-order valence-electron chi connectivity index (χ1n) is 15.2. The van der Waals surface area contributed by atoms with Crippen LogP contribution in [-0.4, -0.2) is 15.6 Å². The highest BCUT2D eigenvalue weighted by molar-refractivity contribution is 7.16. The number of rotatable bonds is 5. The number of thiophene rings is 1. The van der Waals surface area contributed by atoms with Crippen molar-refractivity contribution in [2.45, 2.75) is 19.3 Å². The summed E-state index contributed by atoms with van der Waals surface area (Å²) in [4.78, 5) is 13.1. The first-order chi connectivity index (χ1) is 22.3. The fraction of sp³-hybridized carbons (Fsp3) is 0.0732. The maximum absolute atomic E-state index is 11.3. The normalized spacial score (nSPS) is 13.5. The number of aliphatic carboxylic acids is 1. The molecule has 7 aromatic rings. The van der Waals surface area contributed by atoms with Crippen molar-refractivity contribution in [3.8, 4) is 44.5 Å². The molecule has 0 spiro atoms. The van der Waals surface area contributed by atoms with Crippen LogP contribution < -0.4 is 0 Å². The van der Waals surface area contributed by atoms with Crippen molar-refractivity contribution in [3.63, 3.8) is 0 Å².